The molecule has 0 bridgehead atoms. The Morgan fingerprint density at radius 2 is 2.13 bits per heavy atom. The molecule has 0 N–H and O–H groups in total. The molecule has 5 heteroatoms. The average molecular weight is 206 g/mol. The van der Waals surface area contributed by atoms with Crippen LogP contribution in [0.5, 0.6) is 0 Å². The minimum Gasteiger partial charge on any atom is -0.315 e. The molecule has 0 saturated heterocycles. The maximum atomic E-state index is 11.4. The van der Waals surface area contributed by atoms with Crippen LogP contribution < -0.4 is 0 Å². The van der Waals surface area contributed by atoms with Gasteiger partial charge >= 0.3 is 5.97 Å². The van der Waals surface area contributed by atoms with E-state index in [1.165, 1.54) is 6.08 Å². The summed E-state index contributed by atoms with van der Waals surface area (Å²) in [6.07, 6.45) is 1.40. The topological polar surface area (TPSA) is 59.0 Å². The van der Waals surface area contributed by atoms with Crippen LogP contribution in [-0.2, 0) is 4.84 Å². The maximum Gasteiger partial charge on any atom is 0.365 e. The van der Waals surface area contributed by atoms with Gasteiger partial charge in [0.2, 0.25) is 0 Å². The van der Waals surface area contributed by atoms with Crippen molar-refractivity contribution in [1.29, 1.82) is 0 Å². The van der Waals surface area contributed by atoms with E-state index in [2.05, 4.69) is 16.7 Å². The zero-order valence-corrected chi connectivity index (χ0v) is 8.00. The van der Waals surface area contributed by atoms with Crippen LogP contribution in [0.25, 0.3) is 0 Å². The lowest BCUT2D eigenvalue weighted by Gasteiger charge is -2.11. The molecule has 0 saturated carbocycles. The second-order valence-electron chi connectivity index (χ2n) is 2.65. The lowest BCUT2D eigenvalue weighted by Crippen LogP contribution is -2.21. The first-order chi connectivity index (χ1) is 7.27. The van der Waals surface area contributed by atoms with Crippen LogP contribution >= 0.6 is 0 Å². The minimum atomic E-state index is -0.628. The number of nitroso groups, excluding NO2 is 1. The van der Waals surface area contributed by atoms with Gasteiger partial charge in [-0.2, -0.15) is 0 Å². The van der Waals surface area contributed by atoms with Crippen molar-refractivity contribution in [3.05, 3.63) is 53.5 Å². The number of hydrogen-bond acceptors (Lipinski definition) is 4. The van der Waals surface area contributed by atoms with Gasteiger partial charge in [-0.1, -0.05) is 29.4 Å². The third kappa shape index (κ3) is 3.22. The van der Waals surface area contributed by atoms with Gasteiger partial charge in [0.15, 0.2) is 0 Å². The Hall–Kier alpha value is -2.17. The normalized spacial score (nSPS) is 9.07. The highest BCUT2D eigenvalue weighted by Gasteiger charge is 2.11. The molecule has 0 atom stereocenters. The summed E-state index contributed by atoms with van der Waals surface area (Å²) in [6, 6.07) is 8.33. The van der Waals surface area contributed by atoms with Gasteiger partial charge in [0.1, 0.15) is 0 Å². The van der Waals surface area contributed by atoms with E-state index >= 15 is 0 Å². The highest BCUT2D eigenvalue weighted by Crippen LogP contribution is 2.03. The van der Waals surface area contributed by atoms with Gasteiger partial charge in [-0.25, -0.2) is 4.79 Å². The second kappa shape index (κ2) is 5.54. The van der Waals surface area contributed by atoms with Crippen molar-refractivity contribution in [2.45, 2.75) is 0 Å². The molecular weight excluding hydrogens is 196 g/mol. The number of benzene rings is 1. The van der Waals surface area contributed by atoms with Crippen LogP contribution in [0, 0.1) is 4.91 Å². The minimum absolute atomic E-state index is 0.0576. The molecular formula is C10H10N2O3. The molecule has 1 aromatic rings. The van der Waals surface area contributed by atoms with Crippen molar-refractivity contribution in [1.82, 2.24) is 5.17 Å². The van der Waals surface area contributed by atoms with Crippen molar-refractivity contribution in [2.75, 3.05) is 6.54 Å². The fourth-order valence-corrected chi connectivity index (χ4v) is 0.920. The SMILES string of the molecule is C=CCN(N=O)OC(=O)c1ccccc1. The molecule has 1 rings (SSSR count). The Balaban J connectivity index is 2.62. The Morgan fingerprint density at radius 3 is 2.67 bits per heavy atom. The smallest absolute Gasteiger partial charge is 0.315 e. The van der Waals surface area contributed by atoms with Crippen LogP contribution in [0.2, 0.25) is 0 Å². The van der Waals surface area contributed by atoms with Crippen LogP contribution in [0.4, 0.5) is 0 Å². The van der Waals surface area contributed by atoms with Gasteiger partial charge in [-0.05, 0) is 12.1 Å². The molecule has 0 amide bonds. The maximum absolute atomic E-state index is 11.4. The molecule has 15 heavy (non-hydrogen) atoms. The summed E-state index contributed by atoms with van der Waals surface area (Å²) >= 11 is 0. The number of carbonyl (C=O) groups is 1. The summed E-state index contributed by atoms with van der Waals surface area (Å²) in [6.45, 7) is 3.45. The van der Waals surface area contributed by atoms with Crippen LogP contribution in [0.15, 0.2) is 48.3 Å². The van der Waals surface area contributed by atoms with Gasteiger partial charge in [-0.15, -0.1) is 11.5 Å². The van der Waals surface area contributed by atoms with Gasteiger partial charge in [0.25, 0.3) is 0 Å². The Morgan fingerprint density at radius 1 is 1.47 bits per heavy atom. The third-order valence-corrected chi connectivity index (χ3v) is 1.57. The predicted molar refractivity (Wildman–Crippen MR) is 54.6 cm³/mol. The molecule has 78 valence electrons. The van der Waals surface area contributed by atoms with E-state index < -0.39 is 5.97 Å². The summed E-state index contributed by atoms with van der Waals surface area (Å²) in [5, 5.41) is 3.14. The second-order valence-corrected chi connectivity index (χ2v) is 2.65. The van der Waals surface area contributed by atoms with E-state index in [9.17, 15) is 9.70 Å². The highest BCUT2D eigenvalue weighted by molar-refractivity contribution is 5.89. The molecule has 5 nitrogen and oxygen atoms in total. The van der Waals surface area contributed by atoms with Crippen molar-refractivity contribution in [3.63, 3.8) is 0 Å². The summed E-state index contributed by atoms with van der Waals surface area (Å²) in [5.41, 5.74) is 0.357. The molecule has 0 aliphatic heterocycles. The van der Waals surface area contributed by atoms with Crippen LogP contribution in [0.3, 0.4) is 0 Å². The standard InChI is InChI=1S/C10H10N2O3/c1-2-8-12(11-14)15-10(13)9-6-4-3-5-7-9/h2-7H,1,8H2. The van der Waals surface area contributed by atoms with Crippen molar-refractivity contribution in [2.24, 2.45) is 5.29 Å². The van der Waals surface area contributed by atoms with E-state index in [-0.39, 0.29) is 6.54 Å². The first-order valence-electron chi connectivity index (χ1n) is 4.27. The summed E-state index contributed by atoms with van der Waals surface area (Å²) < 4.78 is 0. The van der Waals surface area contributed by atoms with Gasteiger partial charge < -0.3 is 4.84 Å². The monoisotopic (exact) mass is 206 g/mol. The van der Waals surface area contributed by atoms with E-state index in [1.54, 1.807) is 30.3 Å². The third-order valence-electron chi connectivity index (χ3n) is 1.57. The quantitative estimate of drug-likeness (QED) is 0.419. The van der Waals surface area contributed by atoms with Gasteiger partial charge in [0.05, 0.1) is 17.4 Å². The molecule has 0 unspecified atom stereocenters. The number of rotatable bonds is 5. The summed E-state index contributed by atoms with van der Waals surface area (Å²) in [5.74, 6) is -0.628. The van der Waals surface area contributed by atoms with Gasteiger partial charge in [0, 0.05) is 0 Å². The lowest BCUT2D eigenvalue weighted by atomic mass is 10.2. The average Bonchev–Trinajstić information content (AvgIpc) is 2.29. The van der Waals surface area contributed by atoms with Crippen molar-refractivity contribution in [3.8, 4) is 0 Å². The Labute approximate surface area is 86.9 Å². The van der Waals surface area contributed by atoms with Gasteiger partial charge in [-0.3, -0.25) is 0 Å². The highest BCUT2D eigenvalue weighted by atomic mass is 16.8. The molecule has 0 aliphatic rings. The fraction of sp³-hybridized carbons (Fsp3) is 0.100. The first-order valence-corrected chi connectivity index (χ1v) is 4.27. The molecule has 0 aromatic heterocycles. The molecule has 0 aliphatic carbocycles. The molecule has 0 heterocycles. The Kier molecular flexibility index (Phi) is 4.03. The number of nitrogens with zero attached hydrogens (tertiary/aromatic N) is 2. The first kappa shape index (κ1) is 10.9. The zero-order valence-electron chi connectivity index (χ0n) is 8.00. The number of hydroxylamine groups is 1. The Bertz CT molecular complexity index is 351. The number of carbonyl (C=O) groups excluding carboxylic acids is 1. The zero-order chi connectivity index (χ0) is 11.1. The molecule has 0 radical (unpaired) electrons. The van der Waals surface area contributed by atoms with Crippen molar-refractivity contribution < 1.29 is 9.63 Å². The van der Waals surface area contributed by atoms with E-state index in [0.717, 1.165) is 0 Å². The molecule has 0 fully saturated rings. The van der Waals surface area contributed by atoms with E-state index in [0.29, 0.717) is 10.7 Å². The van der Waals surface area contributed by atoms with Crippen LogP contribution in [-0.4, -0.2) is 17.7 Å². The van der Waals surface area contributed by atoms with Crippen LogP contribution in [0.1, 0.15) is 10.4 Å². The number of hydrogen-bond donors (Lipinski definition) is 0. The molecule has 0 spiro atoms. The fourth-order valence-electron chi connectivity index (χ4n) is 0.920. The summed E-state index contributed by atoms with van der Waals surface area (Å²) in [4.78, 5) is 26.3. The van der Waals surface area contributed by atoms with Crippen molar-refractivity contribution >= 4 is 5.97 Å². The largest absolute Gasteiger partial charge is 0.365 e. The van der Waals surface area contributed by atoms with E-state index in [4.69, 9.17) is 0 Å². The molecule has 1 aromatic carbocycles. The predicted octanol–water partition coefficient (Wildman–Crippen LogP) is 1.93. The van der Waals surface area contributed by atoms with E-state index in [1.807, 2.05) is 0 Å². The summed E-state index contributed by atoms with van der Waals surface area (Å²) in [7, 11) is 0. The lowest BCUT2D eigenvalue weighted by molar-refractivity contribution is -0.102.